The average Bonchev–Trinajstić information content (AvgIpc) is 2.04. The summed E-state index contributed by atoms with van der Waals surface area (Å²) in [6.45, 7) is 4.38. The van der Waals surface area contributed by atoms with Crippen LogP contribution in [0.4, 0.5) is 0 Å². The van der Waals surface area contributed by atoms with Gasteiger partial charge in [-0.15, -0.1) is 0 Å². The van der Waals surface area contributed by atoms with Gasteiger partial charge in [-0.3, -0.25) is 0 Å². The van der Waals surface area contributed by atoms with Crippen LogP contribution in [0.3, 0.4) is 0 Å². The first-order valence-corrected chi connectivity index (χ1v) is 5.05. The molecule has 0 radical (unpaired) electrons. The van der Waals surface area contributed by atoms with E-state index < -0.39 is 0 Å². The third-order valence-corrected chi connectivity index (χ3v) is 2.90. The summed E-state index contributed by atoms with van der Waals surface area (Å²) < 4.78 is 1.18. The first kappa shape index (κ1) is 8.27. The number of hydrogen-bond donors (Lipinski definition) is 1. The van der Waals surface area contributed by atoms with Crippen LogP contribution >= 0.6 is 15.9 Å². The van der Waals surface area contributed by atoms with E-state index >= 15 is 0 Å². The maximum Gasteiger partial charge on any atom is 0.0208 e. The second kappa shape index (κ2) is 3.19. The van der Waals surface area contributed by atoms with Crippen molar-refractivity contribution in [1.82, 2.24) is 5.32 Å². The lowest BCUT2D eigenvalue weighted by Crippen LogP contribution is -2.26. The Balaban J connectivity index is 2.46. The van der Waals surface area contributed by atoms with Crippen molar-refractivity contribution < 1.29 is 0 Å². The fraction of sp³-hybridized carbons (Fsp3) is 0.400. The van der Waals surface area contributed by atoms with E-state index in [1.54, 1.807) is 0 Å². The van der Waals surface area contributed by atoms with Gasteiger partial charge in [0.15, 0.2) is 0 Å². The molecule has 12 heavy (non-hydrogen) atoms. The molecule has 64 valence electrons. The monoisotopic (exact) mass is 225 g/mol. The van der Waals surface area contributed by atoms with Crippen LogP contribution in [0.2, 0.25) is 0 Å². The highest BCUT2D eigenvalue weighted by Crippen LogP contribution is 2.25. The zero-order valence-electron chi connectivity index (χ0n) is 7.10. The van der Waals surface area contributed by atoms with Crippen molar-refractivity contribution in [3.05, 3.63) is 33.8 Å². The molecular weight excluding hydrogens is 214 g/mol. The lowest BCUT2D eigenvalue weighted by atomic mass is 9.93. The van der Waals surface area contributed by atoms with Gasteiger partial charge in [0, 0.05) is 17.6 Å². The normalized spacial score (nSPS) is 22.0. The fourth-order valence-corrected chi connectivity index (χ4v) is 2.15. The highest BCUT2D eigenvalue weighted by Gasteiger charge is 2.14. The smallest absolute Gasteiger partial charge is 0.0208 e. The van der Waals surface area contributed by atoms with Gasteiger partial charge in [-0.25, -0.2) is 0 Å². The summed E-state index contributed by atoms with van der Waals surface area (Å²) in [4.78, 5) is 0. The molecule has 0 saturated carbocycles. The molecule has 0 saturated heterocycles. The van der Waals surface area contributed by atoms with Crippen molar-refractivity contribution in [3.63, 3.8) is 0 Å². The number of nitrogens with one attached hydrogen (secondary N) is 1. The van der Waals surface area contributed by atoms with E-state index in [1.807, 2.05) is 0 Å². The molecule has 1 aliphatic heterocycles. The molecule has 0 spiro atoms. The summed E-state index contributed by atoms with van der Waals surface area (Å²) in [7, 11) is 0. The predicted molar refractivity (Wildman–Crippen MR) is 54.3 cm³/mol. The van der Waals surface area contributed by atoms with Gasteiger partial charge in [0.2, 0.25) is 0 Å². The molecule has 0 aliphatic carbocycles. The Morgan fingerprint density at radius 3 is 3.17 bits per heavy atom. The minimum absolute atomic E-state index is 0.654. The molecule has 1 aromatic rings. The molecule has 1 nitrogen and oxygen atoms in total. The Labute approximate surface area is 81.3 Å². The van der Waals surface area contributed by atoms with Gasteiger partial charge in [0.1, 0.15) is 0 Å². The molecule has 2 rings (SSSR count). The molecule has 1 aromatic carbocycles. The van der Waals surface area contributed by atoms with Crippen LogP contribution in [0.25, 0.3) is 0 Å². The Kier molecular flexibility index (Phi) is 2.20. The summed E-state index contributed by atoms with van der Waals surface area (Å²) in [6.07, 6.45) is 0. The van der Waals surface area contributed by atoms with E-state index in [1.165, 1.54) is 15.6 Å². The average molecular weight is 226 g/mol. The number of benzene rings is 1. The standard InChI is InChI=1S/C10H12BrN/c1-7-5-12-6-8-4-9(11)2-3-10(7)8/h2-4,7,12H,5-6H2,1H3/t7-/m0/s1. The van der Waals surface area contributed by atoms with Gasteiger partial charge < -0.3 is 5.32 Å². The van der Waals surface area contributed by atoms with E-state index in [0.29, 0.717) is 5.92 Å². The summed E-state index contributed by atoms with van der Waals surface area (Å²) in [5.41, 5.74) is 2.93. The number of rotatable bonds is 0. The third kappa shape index (κ3) is 1.41. The molecule has 0 fully saturated rings. The maximum absolute atomic E-state index is 3.48. The van der Waals surface area contributed by atoms with Crippen molar-refractivity contribution >= 4 is 15.9 Å². The summed E-state index contributed by atoms with van der Waals surface area (Å²) >= 11 is 3.48. The lowest BCUT2D eigenvalue weighted by Gasteiger charge is -2.23. The van der Waals surface area contributed by atoms with E-state index in [9.17, 15) is 0 Å². The molecular formula is C10H12BrN. The van der Waals surface area contributed by atoms with Crippen LogP contribution in [-0.4, -0.2) is 6.54 Å². The number of halogens is 1. The van der Waals surface area contributed by atoms with Gasteiger partial charge in [-0.05, 0) is 29.2 Å². The van der Waals surface area contributed by atoms with E-state index in [2.05, 4.69) is 46.4 Å². The molecule has 2 heteroatoms. The largest absolute Gasteiger partial charge is 0.312 e. The zero-order valence-corrected chi connectivity index (χ0v) is 8.69. The van der Waals surface area contributed by atoms with Gasteiger partial charge in [0.25, 0.3) is 0 Å². The van der Waals surface area contributed by atoms with Crippen LogP contribution in [0.1, 0.15) is 24.0 Å². The molecule has 1 N–H and O–H groups in total. The van der Waals surface area contributed by atoms with Crippen molar-refractivity contribution in [2.75, 3.05) is 6.54 Å². The Morgan fingerprint density at radius 1 is 1.50 bits per heavy atom. The minimum atomic E-state index is 0.654. The second-order valence-corrected chi connectivity index (χ2v) is 4.29. The van der Waals surface area contributed by atoms with Crippen LogP contribution in [0, 0.1) is 0 Å². The minimum Gasteiger partial charge on any atom is -0.312 e. The number of hydrogen-bond acceptors (Lipinski definition) is 1. The van der Waals surface area contributed by atoms with Crippen LogP contribution in [0.15, 0.2) is 22.7 Å². The van der Waals surface area contributed by atoms with Crippen molar-refractivity contribution in [1.29, 1.82) is 0 Å². The van der Waals surface area contributed by atoms with Crippen LogP contribution < -0.4 is 5.32 Å². The maximum atomic E-state index is 3.48. The molecule has 0 aromatic heterocycles. The van der Waals surface area contributed by atoms with Crippen molar-refractivity contribution in [3.8, 4) is 0 Å². The Hall–Kier alpha value is -0.340. The summed E-state index contributed by atoms with van der Waals surface area (Å²) in [6, 6.07) is 6.56. The molecule has 0 unspecified atom stereocenters. The van der Waals surface area contributed by atoms with E-state index in [4.69, 9.17) is 0 Å². The van der Waals surface area contributed by atoms with Crippen LogP contribution in [0.5, 0.6) is 0 Å². The number of fused-ring (bicyclic) bond motifs is 1. The Morgan fingerprint density at radius 2 is 2.33 bits per heavy atom. The van der Waals surface area contributed by atoms with Crippen molar-refractivity contribution in [2.45, 2.75) is 19.4 Å². The quantitative estimate of drug-likeness (QED) is 0.717. The summed E-state index contributed by atoms with van der Waals surface area (Å²) in [5.74, 6) is 0.654. The summed E-state index contributed by atoms with van der Waals surface area (Å²) in [5, 5.41) is 3.40. The first-order valence-electron chi connectivity index (χ1n) is 4.26. The van der Waals surface area contributed by atoms with Gasteiger partial charge in [0.05, 0.1) is 0 Å². The molecule has 0 amide bonds. The highest BCUT2D eigenvalue weighted by molar-refractivity contribution is 9.10. The fourth-order valence-electron chi connectivity index (χ4n) is 1.74. The third-order valence-electron chi connectivity index (χ3n) is 2.40. The topological polar surface area (TPSA) is 12.0 Å². The van der Waals surface area contributed by atoms with Gasteiger partial charge in [-0.1, -0.05) is 28.9 Å². The lowest BCUT2D eigenvalue weighted by molar-refractivity contribution is 0.571. The Bertz CT molecular complexity index is 296. The SMILES string of the molecule is C[C@H]1CNCc2cc(Br)ccc21. The molecule has 1 atom stereocenters. The van der Waals surface area contributed by atoms with E-state index in [0.717, 1.165) is 13.1 Å². The first-order chi connectivity index (χ1) is 5.77. The van der Waals surface area contributed by atoms with E-state index in [-0.39, 0.29) is 0 Å². The predicted octanol–water partition coefficient (Wildman–Crippen LogP) is 2.66. The second-order valence-electron chi connectivity index (χ2n) is 3.38. The molecule has 1 heterocycles. The zero-order chi connectivity index (χ0) is 8.55. The van der Waals surface area contributed by atoms with Gasteiger partial charge >= 0.3 is 0 Å². The van der Waals surface area contributed by atoms with Crippen molar-refractivity contribution in [2.24, 2.45) is 0 Å². The molecule has 0 bridgehead atoms. The molecule has 1 aliphatic rings. The van der Waals surface area contributed by atoms with Crippen LogP contribution in [-0.2, 0) is 6.54 Å². The van der Waals surface area contributed by atoms with Gasteiger partial charge in [-0.2, -0.15) is 0 Å². The highest BCUT2D eigenvalue weighted by atomic mass is 79.9.